The molecule has 11 aromatic carbocycles. The molecular formula is C75H52N2O2. The van der Waals surface area contributed by atoms with Gasteiger partial charge in [0.25, 0.3) is 0 Å². The second kappa shape index (κ2) is 18.5. The summed E-state index contributed by atoms with van der Waals surface area (Å²) in [7, 11) is 0. The Hall–Kier alpha value is -10.2. The molecule has 15 rings (SSSR count). The van der Waals surface area contributed by atoms with Crippen molar-refractivity contribution in [3.05, 3.63) is 348 Å². The summed E-state index contributed by atoms with van der Waals surface area (Å²) in [5.41, 5.74) is 20.0. The molecule has 4 nitrogen and oxygen atoms in total. The first-order valence-corrected chi connectivity index (χ1v) is 27.1. The van der Waals surface area contributed by atoms with Crippen LogP contribution >= 0.6 is 0 Å². The summed E-state index contributed by atoms with van der Waals surface area (Å²) in [6.07, 6.45) is 9.44. The predicted molar refractivity (Wildman–Crippen MR) is 323 cm³/mol. The summed E-state index contributed by atoms with van der Waals surface area (Å²) < 4.78 is 13.4. The first-order valence-electron chi connectivity index (χ1n) is 27.1. The fourth-order valence-corrected chi connectivity index (χ4v) is 13.3. The third-order valence-electron chi connectivity index (χ3n) is 16.6. The van der Waals surface area contributed by atoms with Crippen LogP contribution in [-0.2, 0) is 17.3 Å². The molecule has 2 aliphatic carbocycles. The Morgan fingerprint density at radius 1 is 0.316 bits per heavy atom. The molecule has 0 atom stereocenters. The number of benzene rings is 11. The van der Waals surface area contributed by atoms with Gasteiger partial charge in [0.15, 0.2) is 0 Å². The van der Waals surface area contributed by atoms with Gasteiger partial charge in [-0.25, -0.2) is 0 Å². The summed E-state index contributed by atoms with van der Waals surface area (Å²) in [5.74, 6) is 3.43. The number of ether oxygens (including phenoxy) is 2. The van der Waals surface area contributed by atoms with E-state index in [1.165, 1.54) is 33.4 Å². The van der Waals surface area contributed by atoms with E-state index in [9.17, 15) is 0 Å². The number of allylic oxidation sites excluding steroid dienone is 5. The van der Waals surface area contributed by atoms with Crippen LogP contribution in [-0.4, -0.2) is 0 Å². The third-order valence-corrected chi connectivity index (χ3v) is 16.6. The lowest BCUT2D eigenvalue weighted by molar-refractivity contribution is 0.434. The second-order valence-corrected chi connectivity index (χ2v) is 20.8. The van der Waals surface area contributed by atoms with Crippen molar-refractivity contribution in [2.75, 3.05) is 9.80 Å². The number of hydrogen-bond acceptors (Lipinski definition) is 4. The zero-order chi connectivity index (χ0) is 52.5. The summed E-state index contributed by atoms with van der Waals surface area (Å²) in [6.45, 7) is 4.89. The van der Waals surface area contributed by atoms with E-state index in [2.05, 4.69) is 301 Å². The normalized spacial score (nSPS) is 15.2. The van der Waals surface area contributed by atoms with E-state index in [-0.39, 0.29) is 0 Å². The average molecular weight is 1010 g/mol. The Morgan fingerprint density at radius 2 is 0.734 bits per heavy atom. The molecule has 2 aliphatic heterocycles. The smallest absolute Gasteiger partial charge is 0.132 e. The molecule has 79 heavy (non-hydrogen) atoms. The van der Waals surface area contributed by atoms with Crippen LogP contribution in [0.15, 0.2) is 303 Å². The van der Waals surface area contributed by atoms with Gasteiger partial charge in [0.05, 0.1) is 10.8 Å². The van der Waals surface area contributed by atoms with Gasteiger partial charge in [-0.2, -0.15) is 0 Å². The van der Waals surface area contributed by atoms with Crippen LogP contribution in [0, 0.1) is 0 Å². The molecule has 0 aromatic heterocycles. The van der Waals surface area contributed by atoms with Gasteiger partial charge in [-0.05, 0) is 154 Å². The zero-order valence-corrected chi connectivity index (χ0v) is 43.3. The molecule has 0 amide bonds. The van der Waals surface area contributed by atoms with E-state index in [0.717, 1.165) is 102 Å². The monoisotopic (exact) mass is 1010 g/mol. The van der Waals surface area contributed by atoms with Crippen molar-refractivity contribution in [3.63, 3.8) is 0 Å². The first kappa shape index (κ1) is 46.2. The van der Waals surface area contributed by atoms with E-state index < -0.39 is 10.8 Å². The van der Waals surface area contributed by atoms with Gasteiger partial charge in [0, 0.05) is 56.4 Å². The van der Waals surface area contributed by atoms with Crippen LogP contribution in [0.2, 0.25) is 0 Å². The Bertz CT molecular complexity index is 4190. The quantitative estimate of drug-likeness (QED) is 0.159. The maximum absolute atomic E-state index is 6.70. The van der Waals surface area contributed by atoms with Gasteiger partial charge in [0.2, 0.25) is 0 Å². The highest BCUT2D eigenvalue weighted by molar-refractivity contribution is 5.92. The highest BCUT2D eigenvalue weighted by Gasteiger charge is 2.51. The van der Waals surface area contributed by atoms with Crippen molar-refractivity contribution < 1.29 is 9.47 Å². The molecule has 374 valence electrons. The molecule has 0 N–H and O–H groups in total. The fraction of sp³-hybridized carbons (Fsp3) is 0.0400. The van der Waals surface area contributed by atoms with E-state index in [4.69, 9.17) is 16.1 Å². The standard InChI is InChI=1S/C75H52N2O2/c1-51-23-5-2-6-24-52-43-44-59(49-68(52)74(51)64-35-13-17-39-70(64)78-71-40-18-14-36-65(71)74)76(55-27-7-3-8-28-55)57-31-21-25-53(47-57)54-26-22-32-58(48-54)77(56-29-9-4-10-30-56)60-45-46-62-61-33-11-12-34-63(61)75(69(62)50-60)66-37-15-19-41-72(66)79-73-42-20-16-38-67(73)75/h2-23,25-50H,1,24H2/b6-2-,23-5-. The summed E-state index contributed by atoms with van der Waals surface area (Å²) in [6, 6.07) is 96.4. The molecule has 0 radical (unpaired) electrons. The minimum absolute atomic E-state index is 0.596. The molecule has 2 heterocycles. The van der Waals surface area contributed by atoms with Crippen LogP contribution in [0.25, 0.3) is 22.3 Å². The summed E-state index contributed by atoms with van der Waals surface area (Å²) in [5, 5.41) is 0. The van der Waals surface area contributed by atoms with Crippen LogP contribution in [0.4, 0.5) is 34.1 Å². The number of rotatable bonds is 7. The first-order chi connectivity index (χ1) is 39.1. The zero-order valence-electron chi connectivity index (χ0n) is 43.3. The van der Waals surface area contributed by atoms with Crippen molar-refractivity contribution in [1.82, 2.24) is 0 Å². The lowest BCUT2D eigenvalue weighted by Gasteiger charge is -2.43. The molecule has 0 saturated carbocycles. The number of fused-ring (bicyclic) bond motifs is 15. The van der Waals surface area contributed by atoms with Crippen molar-refractivity contribution in [1.29, 1.82) is 0 Å². The minimum atomic E-state index is -0.738. The largest absolute Gasteiger partial charge is 0.457 e. The lowest BCUT2D eigenvalue weighted by Crippen LogP contribution is -2.35. The van der Waals surface area contributed by atoms with Crippen molar-refractivity contribution in [2.24, 2.45) is 0 Å². The average Bonchev–Trinajstić information content (AvgIpc) is 3.94. The van der Waals surface area contributed by atoms with E-state index in [1.807, 2.05) is 0 Å². The number of para-hydroxylation sites is 6. The molecule has 2 spiro atoms. The summed E-state index contributed by atoms with van der Waals surface area (Å²) in [4.78, 5) is 4.79. The predicted octanol–water partition coefficient (Wildman–Crippen LogP) is 19.4. The van der Waals surface area contributed by atoms with Gasteiger partial charge < -0.3 is 19.3 Å². The van der Waals surface area contributed by atoms with Gasteiger partial charge in [0.1, 0.15) is 23.0 Å². The fourth-order valence-electron chi connectivity index (χ4n) is 13.3. The molecule has 0 unspecified atom stereocenters. The van der Waals surface area contributed by atoms with E-state index in [0.29, 0.717) is 0 Å². The molecule has 0 saturated heterocycles. The Kier molecular flexibility index (Phi) is 10.8. The molecule has 0 bridgehead atoms. The minimum Gasteiger partial charge on any atom is -0.457 e. The van der Waals surface area contributed by atoms with Crippen molar-refractivity contribution in [3.8, 4) is 45.3 Å². The lowest BCUT2D eigenvalue weighted by atomic mass is 9.62. The van der Waals surface area contributed by atoms with Crippen LogP contribution in [0.1, 0.15) is 44.5 Å². The van der Waals surface area contributed by atoms with Crippen molar-refractivity contribution in [2.45, 2.75) is 17.3 Å². The van der Waals surface area contributed by atoms with Gasteiger partial charge in [-0.15, -0.1) is 0 Å². The molecule has 11 aromatic rings. The SMILES string of the molecule is C=C1/C=C\C=C/Cc2ccc(N(c3ccccc3)c3cccc(-c4cccc(N(c5ccccc5)c5ccc6c(c5)C5(c7ccccc7Oc7ccccc75)c5ccccc5-6)c4)c3)cc2C12c1ccccc1Oc1ccccc12. The Morgan fingerprint density at radius 3 is 1.28 bits per heavy atom. The number of hydrogen-bond donors (Lipinski definition) is 0. The van der Waals surface area contributed by atoms with E-state index >= 15 is 0 Å². The van der Waals surface area contributed by atoms with Gasteiger partial charge >= 0.3 is 0 Å². The molecule has 0 fully saturated rings. The van der Waals surface area contributed by atoms with Gasteiger partial charge in [-0.1, -0.05) is 201 Å². The maximum atomic E-state index is 6.70. The highest BCUT2D eigenvalue weighted by Crippen LogP contribution is 2.63. The molecular weight excluding hydrogens is 961 g/mol. The van der Waals surface area contributed by atoms with E-state index in [1.54, 1.807) is 0 Å². The summed E-state index contributed by atoms with van der Waals surface area (Å²) >= 11 is 0. The van der Waals surface area contributed by atoms with Crippen LogP contribution in [0.5, 0.6) is 23.0 Å². The van der Waals surface area contributed by atoms with Crippen LogP contribution in [0.3, 0.4) is 0 Å². The third kappa shape index (κ3) is 7.15. The molecule has 4 heteroatoms. The topological polar surface area (TPSA) is 24.9 Å². The Balaban J connectivity index is 0.876. The Labute approximate surface area is 461 Å². The number of nitrogens with zero attached hydrogens (tertiary/aromatic N) is 2. The highest BCUT2D eigenvalue weighted by atomic mass is 16.5. The number of anilines is 6. The second-order valence-electron chi connectivity index (χ2n) is 20.8. The molecule has 4 aliphatic rings. The van der Waals surface area contributed by atoms with Gasteiger partial charge in [-0.3, -0.25) is 0 Å². The maximum Gasteiger partial charge on any atom is 0.132 e. The van der Waals surface area contributed by atoms with Crippen molar-refractivity contribution >= 4 is 34.1 Å². The van der Waals surface area contributed by atoms with Crippen LogP contribution < -0.4 is 19.3 Å².